The van der Waals surface area contributed by atoms with E-state index in [2.05, 4.69) is 0 Å². The third-order valence-corrected chi connectivity index (χ3v) is 4.56. The summed E-state index contributed by atoms with van der Waals surface area (Å²) in [4.78, 5) is 27.9. The van der Waals surface area contributed by atoms with Gasteiger partial charge in [0.25, 0.3) is 5.91 Å². The van der Waals surface area contributed by atoms with Crippen molar-refractivity contribution in [3.8, 4) is 5.75 Å². The van der Waals surface area contributed by atoms with Crippen LogP contribution in [0.2, 0.25) is 0 Å². The van der Waals surface area contributed by atoms with Gasteiger partial charge in [-0.3, -0.25) is 9.59 Å². The number of amides is 2. The Morgan fingerprint density at radius 3 is 2.96 bits per heavy atom. The molecule has 0 aromatic heterocycles. The van der Waals surface area contributed by atoms with Crippen LogP contribution in [0.1, 0.15) is 24.8 Å². The molecule has 6 nitrogen and oxygen atoms in total. The highest BCUT2D eigenvalue weighted by Gasteiger charge is 2.30. The maximum absolute atomic E-state index is 12.6. The van der Waals surface area contributed by atoms with Crippen LogP contribution in [0.5, 0.6) is 5.75 Å². The summed E-state index contributed by atoms with van der Waals surface area (Å²) in [5.74, 6) is 0.352. The summed E-state index contributed by atoms with van der Waals surface area (Å²) in [6, 6.07) is 5.67. The zero-order valence-corrected chi connectivity index (χ0v) is 13.3. The molecule has 124 valence electrons. The number of nitrogens with zero attached hydrogens (tertiary/aromatic N) is 2. The summed E-state index contributed by atoms with van der Waals surface area (Å²) < 4.78 is 5.21. The average Bonchev–Trinajstić information content (AvgIpc) is 2.92. The zero-order chi connectivity index (χ0) is 16.4. The summed E-state index contributed by atoms with van der Waals surface area (Å²) in [6.45, 7) is 1.18. The van der Waals surface area contributed by atoms with E-state index in [9.17, 15) is 14.7 Å². The average molecular weight is 318 g/mol. The maximum Gasteiger partial charge on any atom is 0.251 e. The Hall–Kier alpha value is -2.08. The Kier molecular flexibility index (Phi) is 4.52. The SMILES string of the molecule is COc1ccc2c(c1)CCN2C(=O)CN1CCCCC(O)C1=O. The van der Waals surface area contributed by atoms with Gasteiger partial charge in [-0.1, -0.05) is 0 Å². The van der Waals surface area contributed by atoms with Crippen LogP contribution in [0.3, 0.4) is 0 Å². The minimum Gasteiger partial charge on any atom is -0.497 e. The number of carbonyl (C=O) groups is 2. The highest BCUT2D eigenvalue weighted by molar-refractivity contribution is 5.98. The Labute approximate surface area is 135 Å². The van der Waals surface area contributed by atoms with Crippen molar-refractivity contribution in [2.24, 2.45) is 0 Å². The first-order valence-electron chi connectivity index (χ1n) is 8.04. The van der Waals surface area contributed by atoms with Crippen molar-refractivity contribution in [3.63, 3.8) is 0 Å². The van der Waals surface area contributed by atoms with Crippen molar-refractivity contribution in [2.75, 3.05) is 31.6 Å². The van der Waals surface area contributed by atoms with Crippen LogP contribution < -0.4 is 9.64 Å². The molecule has 23 heavy (non-hydrogen) atoms. The number of aliphatic hydroxyl groups is 1. The first-order valence-corrected chi connectivity index (χ1v) is 8.04. The molecule has 1 saturated heterocycles. The van der Waals surface area contributed by atoms with Gasteiger partial charge in [-0.2, -0.15) is 0 Å². The second kappa shape index (κ2) is 6.58. The van der Waals surface area contributed by atoms with Gasteiger partial charge >= 0.3 is 0 Å². The van der Waals surface area contributed by atoms with E-state index in [1.165, 1.54) is 4.90 Å². The van der Waals surface area contributed by atoms with E-state index in [4.69, 9.17) is 4.74 Å². The lowest BCUT2D eigenvalue weighted by atomic mass is 10.1. The molecule has 2 heterocycles. The number of hydrogen-bond acceptors (Lipinski definition) is 4. The number of likely N-dealkylation sites (tertiary alicyclic amines) is 1. The van der Waals surface area contributed by atoms with Crippen LogP contribution in [0.15, 0.2) is 18.2 Å². The molecule has 1 aromatic rings. The molecule has 0 aliphatic carbocycles. The monoisotopic (exact) mass is 318 g/mol. The second-order valence-corrected chi connectivity index (χ2v) is 6.06. The Balaban J connectivity index is 1.71. The minimum atomic E-state index is -0.972. The van der Waals surface area contributed by atoms with E-state index in [-0.39, 0.29) is 18.4 Å². The summed E-state index contributed by atoms with van der Waals surface area (Å²) in [7, 11) is 1.62. The van der Waals surface area contributed by atoms with E-state index in [1.807, 2.05) is 18.2 Å². The van der Waals surface area contributed by atoms with Crippen LogP contribution in [-0.4, -0.2) is 54.7 Å². The Morgan fingerprint density at radius 2 is 2.17 bits per heavy atom. The molecule has 1 N–H and O–H groups in total. The zero-order valence-electron chi connectivity index (χ0n) is 13.3. The van der Waals surface area contributed by atoms with Crippen molar-refractivity contribution in [3.05, 3.63) is 23.8 Å². The van der Waals surface area contributed by atoms with Crippen molar-refractivity contribution < 1.29 is 19.4 Å². The topological polar surface area (TPSA) is 70.1 Å². The third kappa shape index (κ3) is 3.17. The normalized spacial score (nSPS) is 21.1. The van der Waals surface area contributed by atoms with E-state index in [0.29, 0.717) is 19.5 Å². The van der Waals surface area contributed by atoms with Gasteiger partial charge in [0.15, 0.2) is 0 Å². The molecule has 1 atom stereocenters. The minimum absolute atomic E-state index is 0.0291. The van der Waals surface area contributed by atoms with Crippen LogP contribution in [0.25, 0.3) is 0 Å². The molecule has 1 aromatic carbocycles. The van der Waals surface area contributed by atoms with Gasteiger partial charge in [0, 0.05) is 18.8 Å². The number of benzene rings is 1. The molecular formula is C17H22N2O4. The van der Waals surface area contributed by atoms with Gasteiger partial charge in [-0.15, -0.1) is 0 Å². The predicted octanol–water partition coefficient (Wildman–Crippen LogP) is 0.958. The van der Waals surface area contributed by atoms with Gasteiger partial charge in [0.2, 0.25) is 5.91 Å². The van der Waals surface area contributed by atoms with Crippen molar-refractivity contribution >= 4 is 17.5 Å². The number of methoxy groups -OCH3 is 1. The van der Waals surface area contributed by atoms with Crippen LogP contribution in [-0.2, 0) is 16.0 Å². The summed E-state index contributed by atoms with van der Waals surface area (Å²) in [5.41, 5.74) is 1.97. The number of rotatable bonds is 3. The fourth-order valence-corrected chi connectivity index (χ4v) is 3.25. The molecule has 3 rings (SSSR count). The van der Waals surface area contributed by atoms with Crippen molar-refractivity contribution in [2.45, 2.75) is 31.8 Å². The van der Waals surface area contributed by atoms with E-state index in [0.717, 1.165) is 36.3 Å². The second-order valence-electron chi connectivity index (χ2n) is 6.06. The molecule has 0 bridgehead atoms. The van der Waals surface area contributed by atoms with Crippen LogP contribution >= 0.6 is 0 Å². The molecule has 2 amide bonds. The molecule has 0 spiro atoms. The predicted molar refractivity (Wildman–Crippen MR) is 85.5 cm³/mol. The number of ether oxygens (including phenoxy) is 1. The first kappa shape index (κ1) is 15.8. The Bertz CT molecular complexity index is 617. The van der Waals surface area contributed by atoms with Gasteiger partial charge in [0.05, 0.1) is 7.11 Å². The third-order valence-electron chi connectivity index (χ3n) is 4.56. The van der Waals surface area contributed by atoms with Gasteiger partial charge in [-0.25, -0.2) is 0 Å². The first-order chi connectivity index (χ1) is 11.1. The standard InChI is InChI=1S/C17H22N2O4/c1-23-13-5-6-14-12(10-13)7-9-19(14)16(21)11-18-8-3-2-4-15(20)17(18)22/h5-6,10,15,20H,2-4,7-9,11H2,1H3. The van der Waals surface area contributed by atoms with Gasteiger partial charge in [0.1, 0.15) is 18.4 Å². The molecule has 1 unspecified atom stereocenters. The lowest BCUT2D eigenvalue weighted by molar-refractivity contribution is -0.142. The largest absolute Gasteiger partial charge is 0.497 e. The fourth-order valence-electron chi connectivity index (χ4n) is 3.25. The number of carbonyl (C=O) groups excluding carboxylic acids is 2. The van der Waals surface area contributed by atoms with Crippen molar-refractivity contribution in [1.29, 1.82) is 0 Å². The van der Waals surface area contributed by atoms with Gasteiger partial charge in [-0.05, 0) is 49.4 Å². The highest BCUT2D eigenvalue weighted by atomic mass is 16.5. The lowest BCUT2D eigenvalue weighted by Gasteiger charge is -2.25. The van der Waals surface area contributed by atoms with Crippen molar-refractivity contribution in [1.82, 2.24) is 4.90 Å². The van der Waals surface area contributed by atoms with E-state index in [1.54, 1.807) is 12.0 Å². The quantitative estimate of drug-likeness (QED) is 0.901. The molecular weight excluding hydrogens is 296 g/mol. The highest BCUT2D eigenvalue weighted by Crippen LogP contribution is 2.31. The fraction of sp³-hybridized carbons (Fsp3) is 0.529. The van der Waals surface area contributed by atoms with Crippen LogP contribution in [0, 0.1) is 0 Å². The summed E-state index contributed by atoms with van der Waals surface area (Å²) >= 11 is 0. The van der Waals surface area contributed by atoms with E-state index >= 15 is 0 Å². The van der Waals surface area contributed by atoms with Gasteiger partial charge < -0.3 is 19.6 Å². The number of anilines is 1. The molecule has 2 aliphatic rings. The Morgan fingerprint density at radius 1 is 1.35 bits per heavy atom. The van der Waals surface area contributed by atoms with E-state index < -0.39 is 6.10 Å². The summed E-state index contributed by atoms with van der Waals surface area (Å²) in [5, 5.41) is 9.79. The molecule has 0 radical (unpaired) electrons. The lowest BCUT2D eigenvalue weighted by Crippen LogP contribution is -2.45. The maximum atomic E-state index is 12.6. The van der Waals surface area contributed by atoms with Crippen LogP contribution in [0.4, 0.5) is 5.69 Å². The molecule has 0 saturated carbocycles. The number of hydrogen-bond donors (Lipinski definition) is 1. The smallest absolute Gasteiger partial charge is 0.251 e. The number of aliphatic hydroxyl groups excluding tert-OH is 1. The molecule has 1 fully saturated rings. The molecule has 6 heteroatoms. The number of fused-ring (bicyclic) bond motifs is 1. The molecule has 2 aliphatic heterocycles. The summed E-state index contributed by atoms with van der Waals surface area (Å²) in [6.07, 6.45) is 1.93.